The van der Waals surface area contributed by atoms with Crippen LogP contribution in [0, 0.1) is 12.8 Å². The first-order valence-electron chi connectivity index (χ1n) is 10.3. The Labute approximate surface area is 189 Å². The number of anilines is 2. The Bertz CT molecular complexity index is 963. The molecule has 0 radical (unpaired) electrons. The van der Waals surface area contributed by atoms with E-state index in [4.69, 9.17) is 11.6 Å². The summed E-state index contributed by atoms with van der Waals surface area (Å²) >= 11 is 5.71. The second-order valence-electron chi connectivity index (χ2n) is 7.89. The standard InChI is InChI=1S/C21H26ClF3N6O/c1-12-28-19(26-2)30-20(29-12)31(3)16-8-5-13(6-9-16)18(32)27-11-14-4-7-15(22)10-17(14)21(23,24)25/h4,7,10,13,16H,5-6,8-9,11H2,1-3H3,(H,27,32)(H,26,28,29,30)/t13-,16+. The van der Waals surface area contributed by atoms with Crippen molar-refractivity contribution < 1.29 is 18.0 Å². The molecule has 7 nitrogen and oxygen atoms in total. The molecule has 0 aliphatic heterocycles. The molecule has 1 amide bonds. The Morgan fingerprint density at radius 3 is 2.50 bits per heavy atom. The van der Waals surface area contributed by atoms with E-state index in [2.05, 4.69) is 25.6 Å². The number of hydrogen-bond acceptors (Lipinski definition) is 6. The number of alkyl halides is 3. The number of carbonyl (C=O) groups is 1. The second-order valence-corrected chi connectivity index (χ2v) is 8.33. The topological polar surface area (TPSA) is 83.0 Å². The lowest BCUT2D eigenvalue weighted by molar-refractivity contribution is -0.138. The maximum absolute atomic E-state index is 13.2. The number of aryl methyl sites for hydroxylation is 1. The number of halogens is 4. The van der Waals surface area contributed by atoms with Gasteiger partial charge in [0.15, 0.2) is 0 Å². The minimum atomic E-state index is -4.53. The molecule has 1 aromatic heterocycles. The van der Waals surface area contributed by atoms with Crippen molar-refractivity contribution in [2.75, 3.05) is 24.3 Å². The molecule has 11 heteroatoms. The van der Waals surface area contributed by atoms with Crippen molar-refractivity contribution in [3.8, 4) is 0 Å². The molecule has 1 saturated carbocycles. The molecule has 0 bridgehead atoms. The summed E-state index contributed by atoms with van der Waals surface area (Å²) in [6.45, 7) is 1.60. The van der Waals surface area contributed by atoms with Crippen LogP contribution in [0.4, 0.5) is 25.1 Å². The molecule has 174 valence electrons. The zero-order chi connectivity index (χ0) is 23.5. The Hall–Kier alpha value is -2.62. The highest BCUT2D eigenvalue weighted by molar-refractivity contribution is 6.30. The molecule has 1 fully saturated rings. The molecule has 2 aromatic rings. The van der Waals surface area contributed by atoms with E-state index in [1.54, 1.807) is 14.0 Å². The third kappa shape index (κ3) is 5.79. The van der Waals surface area contributed by atoms with Crippen molar-refractivity contribution in [1.82, 2.24) is 20.3 Å². The molecule has 0 unspecified atom stereocenters. The maximum Gasteiger partial charge on any atom is 0.416 e. The highest BCUT2D eigenvalue weighted by Gasteiger charge is 2.34. The van der Waals surface area contributed by atoms with E-state index >= 15 is 0 Å². The summed E-state index contributed by atoms with van der Waals surface area (Å²) in [5.74, 6) is 1.20. The quantitative estimate of drug-likeness (QED) is 0.658. The number of nitrogens with zero attached hydrogens (tertiary/aromatic N) is 4. The number of aromatic nitrogens is 3. The second kappa shape index (κ2) is 9.89. The highest BCUT2D eigenvalue weighted by Crippen LogP contribution is 2.34. The van der Waals surface area contributed by atoms with Gasteiger partial charge in [0.05, 0.1) is 5.56 Å². The summed E-state index contributed by atoms with van der Waals surface area (Å²) < 4.78 is 39.7. The van der Waals surface area contributed by atoms with E-state index in [1.807, 2.05) is 11.9 Å². The fourth-order valence-electron chi connectivity index (χ4n) is 3.92. The van der Waals surface area contributed by atoms with Crippen LogP contribution >= 0.6 is 11.6 Å². The number of amides is 1. The van der Waals surface area contributed by atoms with Crippen LogP contribution in [0.3, 0.4) is 0 Å². The van der Waals surface area contributed by atoms with Gasteiger partial charge >= 0.3 is 6.18 Å². The van der Waals surface area contributed by atoms with Crippen molar-refractivity contribution in [1.29, 1.82) is 0 Å². The van der Waals surface area contributed by atoms with Gasteiger partial charge in [-0.1, -0.05) is 17.7 Å². The lowest BCUT2D eigenvalue weighted by atomic mass is 9.85. The minimum Gasteiger partial charge on any atom is -0.357 e. The predicted octanol–water partition coefficient (Wildman–Crippen LogP) is 4.21. The number of carbonyl (C=O) groups excluding carboxylic acids is 1. The van der Waals surface area contributed by atoms with Crippen LogP contribution < -0.4 is 15.5 Å². The van der Waals surface area contributed by atoms with Gasteiger partial charge in [-0.05, 0) is 50.3 Å². The Balaban J connectivity index is 1.57. The molecular weight excluding hydrogens is 445 g/mol. The fourth-order valence-corrected chi connectivity index (χ4v) is 4.09. The number of hydrogen-bond donors (Lipinski definition) is 2. The third-order valence-electron chi connectivity index (χ3n) is 5.72. The van der Waals surface area contributed by atoms with E-state index < -0.39 is 11.7 Å². The van der Waals surface area contributed by atoms with Gasteiger partial charge in [-0.25, -0.2) is 0 Å². The van der Waals surface area contributed by atoms with E-state index in [9.17, 15) is 18.0 Å². The summed E-state index contributed by atoms with van der Waals surface area (Å²) in [4.78, 5) is 27.6. The molecule has 1 heterocycles. The summed E-state index contributed by atoms with van der Waals surface area (Å²) in [6.07, 6.45) is -1.76. The third-order valence-corrected chi connectivity index (χ3v) is 5.96. The minimum absolute atomic E-state index is 0.00468. The molecule has 1 aromatic carbocycles. The van der Waals surface area contributed by atoms with Gasteiger partial charge in [0.2, 0.25) is 17.8 Å². The van der Waals surface area contributed by atoms with Gasteiger partial charge in [0.1, 0.15) is 5.82 Å². The zero-order valence-corrected chi connectivity index (χ0v) is 18.9. The van der Waals surface area contributed by atoms with Gasteiger partial charge in [-0.3, -0.25) is 4.79 Å². The van der Waals surface area contributed by atoms with E-state index in [0.29, 0.717) is 30.6 Å². The normalized spacial score (nSPS) is 18.8. The SMILES string of the molecule is CNc1nc(C)nc(N(C)[C@H]2CC[C@@H](C(=O)NCc3ccc(Cl)cc3C(F)(F)F)CC2)n1. The molecular formula is C21H26ClF3N6O. The van der Waals surface area contributed by atoms with Crippen LogP contribution in [0.25, 0.3) is 0 Å². The average molecular weight is 471 g/mol. The summed E-state index contributed by atoms with van der Waals surface area (Å²) in [5.41, 5.74) is -0.835. The molecule has 0 saturated heterocycles. The Morgan fingerprint density at radius 1 is 1.19 bits per heavy atom. The molecule has 0 spiro atoms. The molecule has 0 atom stereocenters. The average Bonchev–Trinajstić information content (AvgIpc) is 2.76. The molecule has 2 N–H and O–H groups in total. The van der Waals surface area contributed by atoms with Gasteiger partial charge in [0.25, 0.3) is 0 Å². The first-order valence-corrected chi connectivity index (χ1v) is 10.7. The van der Waals surface area contributed by atoms with Crippen molar-refractivity contribution in [2.45, 2.75) is 51.4 Å². The van der Waals surface area contributed by atoms with Crippen molar-refractivity contribution >= 4 is 29.4 Å². The maximum atomic E-state index is 13.2. The van der Waals surface area contributed by atoms with Crippen LogP contribution in [0.1, 0.15) is 42.6 Å². The lowest BCUT2D eigenvalue weighted by Gasteiger charge is -2.34. The molecule has 1 aliphatic rings. The number of rotatable bonds is 6. The van der Waals surface area contributed by atoms with Gasteiger partial charge in [-0.15, -0.1) is 0 Å². The Morgan fingerprint density at radius 2 is 1.88 bits per heavy atom. The summed E-state index contributed by atoms with van der Waals surface area (Å²) in [7, 11) is 3.66. The molecule has 3 rings (SSSR count). The molecule has 32 heavy (non-hydrogen) atoms. The largest absolute Gasteiger partial charge is 0.416 e. The number of benzene rings is 1. The fraction of sp³-hybridized carbons (Fsp3) is 0.524. The van der Waals surface area contributed by atoms with Crippen molar-refractivity contribution in [3.63, 3.8) is 0 Å². The van der Waals surface area contributed by atoms with E-state index in [0.717, 1.165) is 18.9 Å². The predicted molar refractivity (Wildman–Crippen MR) is 117 cm³/mol. The Kier molecular flexibility index (Phi) is 7.43. The molecule has 1 aliphatic carbocycles. The monoisotopic (exact) mass is 470 g/mol. The van der Waals surface area contributed by atoms with Crippen molar-refractivity contribution in [3.05, 3.63) is 40.2 Å². The first kappa shape index (κ1) is 24.0. The van der Waals surface area contributed by atoms with Gasteiger partial charge < -0.3 is 15.5 Å². The van der Waals surface area contributed by atoms with Crippen LogP contribution in [-0.4, -0.2) is 41.0 Å². The summed E-state index contributed by atoms with van der Waals surface area (Å²) in [6, 6.07) is 3.74. The van der Waals surface area contributed by atoms with Crippen LogP contribution in [0.15, 0.2) is 18.2 Å². The summed E-state index contributed by atoms with van der Waals surface area (Å²) in [5, 5.41) is 5.58. The van der Waals surface area contributed by atoms with Crippen LogP contribution in [-0.2, 0) is 17.5 Å². The van der Waals surface area contributed by atoms with Gasteiger partial charge in [-0.2, -0.15) is 28.1 Å². The van der Waals surface area contributed by atoms with E-state index in [1.165, 1.54) is 12.1 Å². The lowest BCUT2D eigenvalue weighted by Crippen LogP contribution is -2.40. The van der Waals surface area contributed by atoms with Crippen LogP contribution in [0.5, 0.6) is 0 Å². The van der Waals surface area contributed by atoms with Gasteiger partial charge in [0, 0.05) is 37.6 Å². The smallest absolute Gasteiger partial charge is 0.357 e. The first-order chi connectivity index (χ1) is 15.1. The highest BCUT2D eigenvalue weighted by atomic mass is 35.5. The number of nitrogens with one attached hydrogen (secondary N) is 2. The van der Waals surface area contributed by atoms with Crippen molar-refractivity contribution in [2.24, 2.45) is 5.92 Å². The zero-order valence-electron chi connectivity index (χ0n) is 18.1. The van der Waals surface area contributed by atoms with E-state index in [-0.39, 0.29) is 35.0 Å². The van der Waals surface area contributed by atoms with Crippen LogP contribution in [0.2, 0.25) is 5.02 Å².